The van der Waals surface area contributed by atoms with Gasteiger partial charge in [0.25, 0.3) is 0 Å². The topological polar surface area (TPSA) is 95.9 Å². The number of aliphatic carboxylic acids is 1. The first-order chi connectivity index (χ1) is 16.7. The second-order valence-corrected chi connectivity index (χ2v) is 10.5. The Hall–Kier alpha value is -3.35. The quantitative estimate of drug-likeness (QED) is 0.576. The highest BCUT2D eigenvalue weighted by Gasteiger charge is 2.31. The number of likely N-dealkylation sites (tertiary alicyclic amines) is 1. The average molecular weight is 479 g/mol. The summed E-state index contributed by atoms with van der Waals surface area (Å²) in [5, 5.41) is 11.9. The standard InChI is InChI=1S/C28H34N2O5/c1-28(2,15-25(31)30-13-7-8-19(16-30)14-26(32)33)18-29-27(34)35-17-24-22-11-5-3-9-20(22)21-10-4-6-12-23(21)24/h3-6,9-12,19,24H,7-8,13-18H2,1-2H3,(H,29,34)(H,32,33). The highest BCUT2D eigenvalue weighted by molar-refractivity contribution is 5.79. The van der Waals surface area contributed by atoms with Crippen LogP contribution in [-0.2, 0) is 14.3 Å². The van der Waals surface area contributed by atoms with Gasteiger partial charge in [-0.25, -0.2) is 4.79 Å². The van der Waals surface area contributed by atoms with Crippen LogP contribution < -0.4 is 5.32 Å². The van der Waals surface area contributed by atoms with Gasteiger partial charge in [-0.1, -0.05) is 62.4 Å². The molecule has 1 heterocycles. The van der Waals surface area contributed by atoms with Gasteiger partial charge in [0, 0.05) is 38.4 Å². The highest BCUT2D eigenvalue weighted by atomic mass is 16.5. The van der Waals surface area contributed by atoms with E-state index in [1.54, 1.807) is 4.90 Å². The number of ether oxygens (including phenoxy) is 1. The lowest BCUT2D eigenvalue weighted by Crippen LogP contribution is -2.44. The van der Waals surface area contributed by atoms with Crippen molar-refractivity contribution in [3.8, 4) is 11.1 Å². The first kappa shape index (κ1) is 24.8. The summed E-state index contributed by atoms with van der Waals surface area (Å²) in [6, 6.07) is 16.4. The molecule has 1 unspecified atom stereocenters. The minimum atomic E-state index is -0.822. The molecule has 4 rings (SSSR count). The van der Waals surface area contributed by atoms with Crippen molar-refractivity contribution >= 4 is 18.0 Å². The number of carboxylic acid groups (broad SMARTS) is 1. The van der Waals surface area contributed by atoms with Crippen molar-refractivity contribution < 1.29 is 24.2 Å². The lowest BCUT2D eigenvalue weighted by molar-refractivity contribution is -0.141. The largest absolute Gasteiger partial charge is 0.481 e. The zero-order valence-electron chi connectivity index (χ0n) is 20.5. The summed E-state index contributed by atoms with van der Waals surface area (Å²) >= 11 is 0. The van der Waals surface area contributed by atoms with E-state index in [1.165, 1.54) is 11.1 Å². The Balaban J connectivity index is 1.27. The molecule has 35 heavy (non-hydrogen) atoms. The maximum Gasteiger partial charge on any atom is 0.407 e. The molecule has 0 saturated carbocycles. The van der Waals surface area contributed by atoms with Crippen molar-refractivity contribution in [1.82, 2.24) is 10.2 Å². The van der Waals surface area contributed by atoms with Crippen molar-refractivity contribution in [3.05, 3.63) is 59.7 Å². The fraction of sp³-hybridized carbons (Fsp3) is 0.464. The zero-order valence-corrected chi connectivity index (χ0v) is 20.5. The van der Waals surface area contributed by atoms with Gasteiger partial charge in [0.1, 0.15) is 6.61 Å². The van der Waals surface area contributed by atoms with Gasteiger partial charge in [0.05, 0.1) is 0 Å². The number of nitrogens with zero attached hydrogens (tertiary/aromatic N) is 1. The molecule has 1 aliphatic heterocycles. The smallest absolute Gasteiger partial charge is 0.407 e. The summed E-state index contributed by atoms with van der Waals surface area (Å²) in [4.78, 5) is 38.2. The van der Waals surface area contributed by atoms with Crippen LogP contribution in [0.5, 0.6) is 0 Å². The molecule has 7 heteroatoms. The van der Waals surface area contributed by atoms with E-state index in [0.29, 0.717) is 19.6 Å². The molecule has 2 N–H and O–H groups in total. The van der Waals surface area contributed by atoms with Crippen molar-refractivity contribution in [3.63, 3.8) is 0 Å². The molecule has 2 aromatic carbocycles. The molecule has 2 aromatic rings. The van der Waals surface area contributed by atoms with Crippen molar-refractivity contribution in [2.45, 2.75) is 45.4 Å². The Morgan fingerprint density at radius 2 is 1.69 bits per heavy atom. The van der Waals surface area contributed by atoms with Crippen LogP contribution in [0.2, 0.25) is 0 Å². The molecule has 0 spiro atoms. The fourth-order valence-electron chi connectivity index (χ4n) is 5.25. The first-order valence-corrected chi connectivity index (χ1v) is 12.3. The van der Waals surface area contributed by atoms with Crippen molar-refractivity contribution in [1.29, 1.82) is 0 Å². The van der Waals surface area contributed by atoms with Gasteiger partial charge in [-0.05, 0) is 46.4 Å². The lowest BCUT2D eigenvalue weighted by atomic mass is 9.87. The average Bonchev–Trinajstić information content (AvgIpc) is 3.15. The molecule has 1 saturated heterocycles. The van der Waals surface area contributed by atoms with Crippen LogP contribution in [0.25, 0.3) is 11.1 Å². The van der Waals surface area contributed by atoms with E-state index < -0.39 is 17.5 Å². The summed E-state index contributed by atoms with van der Waals surface area (Å²) in [5.74, 6) is -0.816. The van der Waals surface area contributed by atoms with E-state index in [2.05, 4.69) is 29.6 Å². The normalized spacial score (nSPS) is 17.4. The summed E-state index contributed by atoms with van der Waals surface area (Å²) in [7, 11) is 0. The number of carboxylic acids is 1. The van der Waals surface area contributed by atoms with Crippen molar-refractivity contribution in [2.24, 2.45) is 11.3 Å². The van der Waals surface area contributed by atoms with E-state index in [9.17, 15) is 14.4 Å². The number of fused-ring (bicyclic) bond motifs is 3. The molecule has 0 bridgehead atoms. The molecule has 0 aromatic heterocycles. The van der Waals surface area contributed by atoms with E-state index >= 15 is 0 Å². The number of hydrogen-bond donors (Lipinski definition) is 2. The number of carbonyl (C=O) groups excluding carboxylic acids is 2. The third-order valence-corrected chi connectivity index (χ3v) is 7.02. The number of hydrogen-bond acceptors (Lipinski definition) is 4. The fourth-order valence-corrected chi connectivity index (χ4v) is 5.25. The van der Waals surface area contributed by atoms with Crippen LogP contribution in [-0.4, -0.2) is 54.2 Å². The Labute approximate surface area is 206 Å². The molecule has 1 atom stereocenters. The van der Waals surface area contributed by atoms with Gasteiger partial charge in [-0.2, -0.15) is 0 Å². The van der Waals surface area contributed by atoms with E-state index in [0.717, 1.165) is 24.0 Å². The Morgan fingerprint density at radius 3 is 2.31 bits per heavy atom. The van der Waals surface area contributed by atoms with Crippen LogP contribution in [0, 0.1) is 11.3 Å². The van der Waals surface area contributed by atoms with Crippen LogP contribution >= 0.6 is 0 Å². The van der Waals surface area contributed by atoms with E-state index in [-0.39, 0.29) is 37.2 Å². The number of nitrogens with one attached hydrogen (secondary N) is 1. The Kier molecular flexibility index (Phi) is 7.43. The van der Waals surface area contributed by atoms with Crippen LogP contribution in [0.1, 0.15) is 56.6 Å². The minimum Gasteiger partial charge on any atom is -0.481 e. The Morgan fingerprint density at radius 1 is 1.06 bits per heavy atom. The second-order valence-electron chi connectivity index (χ2n) is 10.5. The van der Waals surface area contributed by atoms with Crippen LogP contribution in [0.3, 0.4) is 0 Å². The highest BCUT2D eigenvalue weighted by Crippen LogP contribution is 2.44. The van der Waals surface area contributed by atoms with E-state index in [4.69, 9.17) is 9.84 Å². The molecule has 186 valence electrons. The third kappa shape index (κ3) is 6.02. The lowest BCUT2D eigenvalue weighted by Gasteiger charge is -2.34. The number of carbonyl (C=O) groups is 3. The molecule has 7 nitrogen and oxygen atoms in total. The van der Waals surface area contributed by atoms with Gasteiger partial charge in [-0.15, -0.1) is 0 Å². The predicted molar refractivity (Wildman–Crippen MR) is 133 cm³/mol. The monoisotopic (exact) mass is 478 g/mol. The maximum atomic E-state index is 12.9. The number of alkyl carbamates (subject to hydrolysis) is 1. The number of benzene rings is 2. The molecule has 0 radical (unpaired) electrons. The van der Waals surface area contributed by atoms with Crippen molar-refractivity contribution in [2.75, 3.05) is 26.2 Å². The predicted octanol–water partition coefficient (Wildman–Crippen LogP) is 4.65. The van der Waals surface area contributed by atoms with Crippen LogP contribution in [0.4, 0.5) is 4.79 Å². The molecule has 2 amide bonds. The SMILES string of the molecule is CC(C)(CNC(=O)OCC1c2ccccc2-c2ccccc21)CC(=O)N1CCCC(CC(=O)O)C1. The third-order valence-electron chi connectivity index (χ3n) is 7.02. The summed E-state index contributed by atoms with van der Waals surface area (Å²) in [6.45, 7) is 5.58. The molecule has 1 fully saturated rings. The van der Waals surface area contributed by atoms with E-state index in [1.807, 2.05) is 38.1 Å². The zero-order chi connectivity index (χ0) is 25.0. The van der Waals surface area contributed by atoms with Gasteiger partial charge < -0.3 is 20.1 Å². The molecule has 1 aliphatic carbocycles. The number of amides is 2. The van der Waals surface area contributed by atoms with Gasteiger partial charge in [-0.3, -0.25) is 9.59 Å². The summed E-state index contributed by atoms with van der Waals surface area (Å²) in [5.41, 5.74) is 4.23. The number of rotatable bonds is 8. The van der Waals surface area contributed by atoms with Gasteiger partial charge in [0.15, 0.2) is 0 Å². The summed E-state index contributed by atoms with van der Waals surface area (Å²) < 4.78 is 5.61. The van der Waals surface area contributed by atoms with Gasteiger partial charge >= 0.3 is 12.1 Å². The maximum absolute atomic E-state index is 12.9. The molecular weight excluding hydrogens is 444 g/mol. The van der Waals surface area contributed by atoms with Crippen LogP contribution in [0.15, 0.2) is 48.5 Å². The minimum absolute atomic E-state index is 0.000532. The first-order valence-electron chi connectivity index (χ1n) is 12.3. The number of piperidine rings is 1. The Bertz CT molecular complexity index is 1050. The second kappa shape index (κ2) is 10.5. The molecule has 2 aliphatic rings. The summed E-state index contributed by atoms with van der Waals surface area (Å²) in [6.07, 6.45) is 1.53. The molecular formula is C28H34N2O5. The van der Waals surface area contributed by atoms with Gasteiger partial charge in [0.2, 0.25) is 5.91 Å².